The zero-order chi connectivity index (χ0) is 31.0. The minimum Gasteiger partial charge on any atom is -0.496 e. The van der Waals surface area contributed by atoms with Gasteiger partial charge in [-0.2, -0.15) is 0 Å². The fraction of sp³-hybridized carbons (Fsp3) is 0.472. The van der Waals surface area contributed by atoms with Gasteiger partial charge < -0.3 is 34.3 Å². The number of hydrogen-bond donors (Lipinski definition) is 2. The molecule has 0 aromatic heterocycles. The van der Waals surface area contributed by atoms with Gasteiger partial charge in [-0.1, -0.05) is 48.5 Å². The minimum atomic E-state index is -0.586. The van der Waals surface area contributed by atoms with E-state index in [0.717, 1.165) is 73.6 Å². The van der Waals surface area contributed by atoms with E-state index in [0.29, 0.717) is 26.4 Å². The average Bonchev–Trinajstić information content (AvgIpc) is 3.06. The van der Waals surface area contributed by atoms with Gasteiger partial charge in [0.15, 0.2) is 0 Å². The molecule has 3 aromatic carbocycles. The molecule has 44 heavy (non-hydrogen) atoms. The van der Waals surface area contributed by atoms with Crippen LogP contribution in [0.25, 0.3) is 0 Å². The lowest BCUT2D eigenvalue weighted by molar-refractivity contribution is -0.131. The molecule has 1 fully saturated rings. The van der Waals surface area contributed by atoms with Gasteiger partial charge in [-0.15, -0.1) is 0 Å². The number of anilines is 1. The molecule has 8 heteroatoms. The highest BCUT2D eigenvalue weighted by Gasteiger charge is 2.30. The van der Waals surface area contributed by atoms with Gasteiger partial charge in [-0.3, -0.25) is 4.79 Å². The van der Waals surface area contributed by atoms with E-state index in [1.54, 1.807) is 14.2 Å². The van der Waals surface area contributed by atoms with Crippen molar-refractivity contribution in [1.82, 2.24) is 5.32 Å². The van der Waals surface area contributed by atoms with Crippen molar-refractivity contribution in [3.8, 4) is 11.5 Å². The third-order valence-electron chi connectivity index (χ3n) is 7.95. The van der Waals surface area contributed by atoms with Gasteiger partial charge in [0.05, 0.1) is 33.0 Å². The molecule has 0 radical (unpaired) electrons. The molecule has 4 rings (SSSR count). The highest BCUT2D eigenvalue weighted by Crippen LogP contribution is 2.30. The number of carbonyl (C=O) groups excluding carboxylic acids is 1. The van der Waals surface area contributed by atoms with E-state index in [1.165, 1.54) is 5.56 Å². The summed E-state index contributed by atoms with van der Waals surface area (Å²) < 4.78 is 28.7. The van der Waals surface area contributed by atoms with E-state index >= 15 is 0 Å². The molecular weight excluding hydrogens is 556 g/mol. The summed E-state index contributed by atoms with van der Waals surface area (Å²) >= 11 is 0. The van der Waals surface area contributed by atoms with Crippen LogP contribution in [0, 0.1) is 0 Å². The van der Waals surface area contributed by atoms with Crippen molar-refractivity contribution >= 4 is 11.6 Å². The van der Waals surface area contributed by atoms with Gasteiger partial charge in [0.25, 0.3) is 5.91 Å². The first-order valence-electron chi connectivity index (χ1n) is 15.7. The number of carbonyl (C=O) groups is 1. The van der Waals surface area contributed by atoms with Gasteiger partial charge in [0.1, 0.15) is 17.6 Å². The van der Waals surface area contributed by atoms with Crippen LogP contribution in [-0.4, -0.2) is 65.2 Å². The largest absolute Gasteiger partial charge is 0.496 e. The molecule has 3 unspecified atom stereocenters. The number of hydrogen-bond acceptors (Lipinski definition) is 7. The van der Waals surface area contributed by atoms with E-state index < -0.39 is 6.10 Å². The van der Waals surface area contributed by atoms with Crippen molar-refractivity contribution < 1.29 is 28.5 Å². The van der Waals surface area contributed by atoms with Crippen molar-refractivity contribution in [3.63, 3.8) is 0 Å². The zero-order valence-electron chi connectivity index (χ0n) is 26.4. The Balaban J connectivity index is 1.23. The smallest absolute Gasteiger partial charge is 0.253 e. The number of ether oxygens (including phenoxy) is 5. The maximum absolute atomic E-state index is 13.2. The first-order valence-corrected chi connectivity index (χ1v) is 15.7. The maximum atomic E-state index is 13.2. The first-order chi connectivity index (χ1) is 21.6. The Morgan fingerprint density at radius 2 is 1.68 bits per heavy atom. The molecule has 3 atom stereocenters. The number of amides is 1. The second-order valence-corrected chi connectivity index (χ2v) is 11.1. The molecule has 2 N–H and O–H groups in total. The number of benzene rings is 3. The Morgan fingerprint density at radius 1 is 0.909 bits per heavy atom. The Morgan fingerprint density at radius 3 is 2.48 bits per heavy atom. The Hall–Kier alpha value is -3.43. The van der Waals surface area contributed by atoms with Gasteiger partial charge >= 0.3 is 0 Å². The summed E-state index contributed by atoms with van der Waals surface area (Å²) in [5.74, 6) is 1.73. The molecule has 1 amide bonds. The molecule has 1 aliphatic heterocycles. The lowest BCUT2D eigenvalue weighted by Crippen LogP contribution is -2.44. The molecule has 3 aromatic rings. The minimum absolute atomic E-state index is 0.110. The van der Waals surface area contributed by atoms with E-state index in [-0.39, 0.29) is 17.9 Å². The van der Waals surface area contributed by atoms with Crippen molar-refractivity contribution in [1.29, 1.82) is 0 Å². The van der Waals surface area contributed by atoms with E-state index in [4.69, 9.17) is 23.7 Å². The number of nitrogens with one attached hydrogen (secondary N) is 2. The maximum Gasteiger partial charge on any atom is 0.253 e. The standard InChI is InChI=1S/C36H48N2O6/c1-27(36(39)38-33-14-6-4-11-29(33)12-8-9-22-40-2)44-35-25-37-21-20-32(35)28-16-18-31(19-17-28)43-24-10-23-42-26-30-13-5-7-15-34(30)41-3/h4-7,11,13-19,27,32,35,37H,8-10,12,20-26H2,1-3H3,(H,38,39). The fourth-order valence-electron chi connectivity index (χ4n) is 5.50. The third-order valence-corrected chi connectivity index (χ3v) is 7.95. The molecule has 1 aliphatic rings. The highest BCUT2D eigenvalue weighted by molar-refractivity contribution is 5.94. The first kappa shape index (κ1) is 33.5. The van der Waals surface area contributed by atoms with Gasteiger partial charge in [0, 0.05) is 43.9 Å². The van der Waals surface area contributed by atoms with Gasteiger partial charge in [-0.25, -0.2) is 0 Å². The lowest BCUT2D eigenvalue weighted by Gasteiger charge is -2.34. The summed E-state index contributed by atoms with van der Waals surface area (Å²) in [5.41, 5.74) is 4.21. The van der Waals surface area contributed by atoms with Crippen molar-refractivity contribution in [2.45, 2.75) is 63.8 Å². The van der Waals surface area contributed by atoms with E-state index in [9.17, 15) is 4.79 Å². The Bertz CT molecular complexity index is 1270. The quantitative estimate of drug-likeness (QED) is 0.169. The predicted molar refractivity (Wildman–Crippen MR) is 174 cm³/mol. The molecule has 8 nitrogen and oxygen atoms in total. The normalized spacial score (nSPS) is 17.2. The van der Waals surface area contributed by atoms with Crippen molar-refractivity contribution in [2.24, 2.45) is 0 Å². The van der Waals surface area contributed by atoms with Crippen LogP contribution in [0.4, 0.5) is 5.69 Å². The van der Waals surface area contributed by atoms with Crippen LogP contribution in [0.2, 0.25) is 0 Å². The molecule has 0 aliphatic carbocycles. The highest BCUT2D eigenvalue weighted by atomic mass is 16.5. The van der Waals surface area contributed by atoms with Crippen LogP contribution in [0.1, 0.15) is 55.2 Å². The number of aryl methyl sites for hydroxylation is 1. The van der Waals surface area contributed by atoms with Crippen LogP contribution < -0.4 is 20.1 Å². The summed E-state index contributed by atoms with van der Waals surface area (Å²) in [7, 11) is 3.39. The second kappa shape index (κ2) is 18.4. The summed E-state index contributed by atoms with van der Waals surface area (Å²) in [6.07, 6.45) is 3.92. The zero-order valence-corrected chi connectivity index (χ0v) is 26.4. The molecule has 0 saturated carbocycles. The number of para-hydroxylation sites is 2. The van der Waals surface area contributed by atoms with Crippen LogP contribution in [0.15, 0.2) is 72.8 Å². The number of methoxy groups -OCH3 is 2. The second-order valence-electron chi connectivity index (χ2n) is 11.1. The topological polar surface area (TPSA) is 87.3 Å². The summed E-state index contributed by atoms with van der Waals surface area (Å²) in [6.45, 7) is 5.89. The number of piperidine rings is 1. The molecule has 0 bridgehead atoms. The van der Waals surface area contributed by atoms with E-state index in [2.05, 4.69) is 28.8 Å². The molecule has 1 heterocycles. The average molecular weight is 605 g/mol. The summed E-state index contributed by atoms with van der Waals surface area (Å²) in [5, 5.41) is 6.54. The number of unbranched alkanes of at least 4 members (excludes halogenated alkanes) is 1. The summed E-state index contributed by atoms with van der Waals surface area (Å²) in [4.78, 5) is 13.2. The molecule has 1 saturated heterocycles. The lowest BCUT2D eigenvalue weighted by atomic mass is 9.87. The predicted octanol–water partition coefficient (Wildman–Crippen LogP) is 6.14. The SMILES string of the molecule is COCCCCc1ccccc1NC(=O)C(C)OC1CNCCC1c1ccc(OCCCOCc2ccccc2OC)cc1. The van der Waals surface area contributed by atoms with Crippen LogP contribution in [0.3, 0.4) is 0 Å². The fourth-order valence-corrected chi connectivity index (χ4v) is 5.50. The Kier molecular flexibility index (Phi) is 14.0. The van der Waals surface area contributed by atoms with E-state index in [1.807, 2.05) is 61.5 Å². The van der Waals surface area contributed by atoms with Crippen LogP contribution >= 0.6 is 0 Å². The van der Waals surface area contributed by atoms with Crippen molar-refractivity contribution in [2.75, 3.05) is 52.4 Å². The molecule has 238 valence electrons. The Labute approximate surface area is 262 Å². The van der Waals surface area contributed by atoms with Crippen LogP contribution in [0.5, 0.6) is 11.5 Å². The number of rotatable bonds is 18. The summed E-state index contributed by atoms with van der Waals surface area (Å²) in [6, 6.07) is 24.1. The van der Waals surface area contributed by atoms with Gasteiger partial charge in [0.2, 0.25) is 0 Å². The third kappa shape index (κ3) is 10.3. The monoisotopic (exact) mass is 604 g/mol. The van der Waals surface area contributed by atoms with Crippen molar-refractivity contribution in [3.05, 3.63) is 89.5 Å². The van der Waals surface area contributed by atoms with Crippen LogP contribution in [-0.2, 0) is 32.0 Å². The molecular formula is C36H48N2O6. The van der Waals surface area contributed by atoms with Gasteiger partial charge in [-0.05, 0) is 74.5 Å². The molecule has 0 spiro atoms.